The number of halogens is 1. The molecular formula is C21H23ClN6O. The molecule has 0 aliphatic carbocycles. The number of hydrogen-bond donors (Lipinski definition) is 1. The van der Waals surface area contributed by atoms with Crippen LogP contribution in [0.2, 0.25) is 5.02 Å². The van der Waals surface area contributed by atoms with E-state index in [1.165, 1.54) is 0 Å². The second-order valence-corrected chi connectivity index (χ2v) is 8.36. The van der Waals surface area contributed by atoms with Gasteiger partial charge in [0.25, 0.3) is 0 Å². The molecule has 4 heterocycles. The van der Waals surface area contributed by atoms with Crippen molar-refractivity contribution in [1.29, 1.82) is 0 Å². The molecule has 7 nitrogen and oxygen atoms in total. The van der Waals surface area contributed by atoms with Gasteiger partial charge >= 0.3 is 6.03 Å². The maximum Gasteiger partial charge on any atom is 0.321 e. The van der Waals surface area contributed by atoms with E-state index in [0.29, 0.717) is 23.8 Å². The fourth-order valence-electron chi connectivity index (χ4n) is 4.62. The number of fused-ring (bicyclic) bond motifs is 2. The quantitative estimate of drug-likeness (QED) is 0.696. The summed E-state index contributed by atoms with van der Waals surface area (Å²) in [5.74, 6) is 1.16. The molecule has 2 amide bonds. The van der Waals surface area contributed by atoms with E-state index in [4.69, 9.17) is 16.6 Å². The number of rotatable bonds is 2. The number of para-hydroxylation sites is 1. The molecule has 2 aliphatic heterocycles. The van der Waals surface area contributed by atoms with E-state index in [1.54, 1.807) is 6.07 Å². The van der Waals surface area contributed by atoms with Gasteiger partial charge in [0.05, 0.1) is 28.8 Å². The fraction of sp³-hybridized carbons (Fsp3) is 0.381. The number of nitrogens with zero attached hydrogens (tertiary/aromatic N) is 5. The van der Waals surface area contributed by atoms with Crippen LogP contribution in [0.15, 0.2) is 42.9 Å². The molecule has 1 spiro atoms. The number of hydrogen-bond acceptors (Lipinski definition) is 3. The lowest BCUT2D eigenvalue weighted by Gasteiger charge is -2.38. The smallest absolute Gasteiger partial charge is 0.321 e. The van der Waals surface area contributed by atoms with Gasteiger partial charge in [-0.1, -0.05) is 23.7 Å². The Labute approximate surface area is 174 Å². The molecule has 1 N–H and O–H groups in total. The third-order valence-electron chi connectivity index (χ3n) is 6.27. The molecule has 8 heteroatoms. The molecule has 0 atom stereocenters. The van der Waals surface area contributed by atoms with Crippen LogP contribution in [0.25, 0.3) is 11.3 Å². The Bertz CT molecular complexity index is 1060. The summed E-state index contributed by atoms with van der Waals surface area (Å²) in [6.07, 6.45) is 8.79. The summed E-state index contributed by atoms with van der Waals surface area (Å²) in [6, 6.07) is 7.22. The number of carbonyl (C=O) groups is 1. The molecule has 3 aromatic rings. The second kappa shape index (κ2) is 6.91. The van der Waals surface area contributed by atoms with E-state index in [1.807, 2.05) is 53.4 Å². The zero-order valence-electron chi connectivity index (χ0n) is 16.3. The van der Waals surface area contributed by atoms with Gasteiger partial charge < -0.3 is 14.8 Å². The number of aromatic nitrogens is 4. The van der Waals surface area contributed by atoms with Crippen LogP contribution in [0.5, 0.6) is 0 Å². The van der Waals surface area contributed by atoms with Crippen LogP contribution in [0, 0.1) is 0 Å². The lowest BCUT2D eigenvalue weighted by Crippen LogP contribution is -2.46. The van der Waals surface area contributed by atoms with E-state index in [-0.39, 0.29) is 11.4 Å². The Morgan fingerprint density at radius 2 is 1.90 bits per heavy atom. The summed E-state index contributed by atoms with van der Waals surface area (Å²) >= 11 is 6.17. The molecule has 2 aromatic heterocycles. The standard InChI is InChI=1S/C21H23ClN6O/c1-26-14-15(12-24-26)18-13-23-19-21(8-11-28(18)19)6-9-27(10-7-21)20(29)25-17-5-3-2-4-16(17)22/h2-5,12-14H,6-11H2,1H3,(H,25,29). The highest BCUT2D eigenvalue weighted by molar-refractivity contribution is 6.33. The molecule has 29 heavy (non-hydrogen) atoms. The number of nitrogens with one attached hydrogen (secondary N) is 1. The number of benzene rings is 1. The molecule has 2 aliphatic rings. The molecule has 1 saturated heterocycles. The highest BCUT2D eigenvalue weighted by atomic mass is 35.5. The molecule has 5 rings (SSSR count). The lowest BCUT2D eigenvalue weighted by molar-refractivity contribution is 0.166. The Morgan fingerprint density at radius 1 is 1.14 bits per heavy atom. The van der Waals surface area contributed by atoms with Crippen LogP contribution < -0.4 is 5.32 Å². The van der Waals surface area contributed by atoms with E-state index in [9.17, 15) is 4.79 Å². The van der Waals surface area contributed by atoms with Crippen LogP contribution in [0.1, 0.15) is 25.1 Å². The second-order valence-electron chi connectivity index (χ2n) is 7.95. The average molecular weight is 411 g/mol. The molecule has 150 valence electrons. The van der Waals surface area contributed by atoms with E-state index >= 15 is 0 Å². The monoisotopic (exact) mass is 410 g/mol. The van der Waals surface area contributed by atoms with Gasteiger partial charge in [0.2, 0.25) is 0 Å². The third-order valence-corrected chi connectivity index (χ3v) is 6.60. The van der Waals surface area contributed by atoms with Crippen LogP contribution >= 0.6 is 11.6 Å². The predicted octanol–water partition coefficient (Wildman–Crippen LogP) is 3.91. The van der Waals surface area contributed by atoms with E-state index in [2.05, 4.69) is 15.0 Å². The minimum absolute atomic E-state index is 0.0572. The molecule has 1 fully saturated rings. The highest BCUT2D eigenvalue weighted by Gasteiger charge is 2.44. The van der Waals surface area contributed by atoms with E-state index in [0.717, 1.165) is 42.9 Å². The van der Waals surface area contributed by atoms with Gasteiger partial charge in [-0.3, -0.25) is 4.68 Å². The van der Waals surface area contributed by atoms with E-state index < -0.39 is 0 Å². The van der Waals surface area contributed by atoms with Crippen LogP contribution in [-0.4, -0.2) is 43.4 Å². The largest absolute Gasteiger partial charge is 0.327 e. The van der Waals surface area contributed by atoms with Crippen molar-refractivity contribution in [2.45, 2.75) is 31.2 Å². The predicted molar refractivity (Wildman–Crippen MR) is 112 cm³/mol. The minimum Gasteiger partial charge on any atom is -0.327 e. The Morgan fingerprint density at radius 3 is 2.62 bits per heavy atom. The molecule has 0 radical (unpaired) electrons. The molecule has 0 saturated carbocycles. The summed E-state index contributed by atoms with van der Waals surface area (Å²) in [6.45, 7) is 2.39. The normalized spacial score (nSPS) is 17.5. The van der Waals surface area contributed by atoms with Gasteiger partial charge in [-0.15, -0.1) is 0 Å². The van der Waals surface area contributed by atoms with Crippen molar-refractivity contribution in [2.75, 3.05) is 18.4 Å². The first-order valence-electron chi connectivity index (χ1n) is 9.91. The fourth-order valence-corrected chi connectivity index (χ4v) is 4.80. The zero-order valence-corrected chi connectivity index (χ0v) is 17.1. The average Bonchev–Trinajstić information content (AvgIpc) is 3.42. The minimum atomic E-state index is -0.0923. The van der Waals surface area contributed by atoms with Crippen LogP contribution in [-0.2, 0) is 19.0 Å². The third kappa shape index (κ3) is 3.09. The molecular weight excluding hydrogens is 388 g/mol. The van der Waals surface area contributed by atoms with Gasteiger partial charge in [0.1, 0.15) is 5.82 Å². The van der Waals surface area contributed by atoms with Crippen molar-refractivity contribution < 1.29 is 4.79 Å². The van der Waals surface area contributed by atoms with Crippen molar-refractivity contribution in [1.82, 2.24) is 24.2 Å². The number of piperidine rings is 1. The number of urea groups is 1. The van der Waals surface area contributed by atoms with Crippen molar-refractivity contribution in [3.8, 4) is 11.3 Å². The van der Waals surface area contributed by atoms with Gasteiger partial charge in [-0.2, -0.15) is 5.10 Å². The number of likely N-dealkylation sites (tertiary alicyclic amines) is 1. The summed E-state index contributed by atoms with van der Waals surface area (Å²) < 4.78 is 4.15. The number of anilines is 1. The summed E-state index contributed by atoms with van der Waals surface area (Å²) in [5, 5.41) is 7.77. The first-order valence-corrected chi connectivity index (χ1v) is 10.3. The summed E-state index contributed by atoms with van der Waals surface area (Å²) in [7, 11) is 1.93. The first kappa shape index (κ1) is 18.2. The van der Waals surface area contributed by atoms with Gasteiger partial charge in [0, 0.05) is 43.9 Å². The number of imidazole rings is 1. The van der Waals surface area contributed by atoms with Gasteiger partial charge in [-0.05, 0) is 31.4 Å². The number of amides is 2. The molecule has 1 aromatic carbocycles. The Balaban J connectivity index is 1.30. The van der Waals surface area contributed by atoms with Crippen LogP contribution in [0.4, 0.5) is 10.5 Å². The van der Waals surface area contributed by atoms with Gasteiger partial charge in [0.15, 0.2) is 0 Å². The zero-order chi connectivity index (χ0) is 20.0. The number of carbonyl (C=O) groups excluding carboxylic acids is 1. The highest BCUT2D eigenvalue weighted by Crippen LogP contribution is 2.44. The maximum absolute atomic E-state index is 12.7. The van der Waals surface area contributed by atoms with Crippen molar-refractivity contribution >= 4 is 23.3 Å². The van der Waals surface area contributed by atoms with Crippen molar-refractivity contribution in [2.24, 2.45) is 7.05 Å². The van der Waals surface area contributed by atoms with Crippen LogP contribution in [0.3, 0.4) is 0 Å². The topological polar surface area (TPSA) is 68.0 Å². The maximum atomic E-state index is 12.7. The van der Waals surface area contributed by atoms with Gasteiger partial charge in [-0.25, -0.2) is 9.78 Å². The lowest BCUT2D eigenvalue weighted by atomic mass is 9.77. The first-order chi connectivity index (χ1) is 14.1. The SMILES string of the molecule is Cn1cc(-c2cnc3n2CCC32CCN(C(=O)Nc3ccccc3Cl)CC2)cn1. The summed E-state index contributed by atoms with van der Waals surface area (Å²) in [4.78, 5) is 19.4. The molecule has 0 bridgehead atoms. The Hall–Kier alpha value is -2.80. The summed E-state index contributed by atoms with van der Waals surface area (Å²) in [5.41, 5.74) is 2.93. The van der Waals surface area contributed by atoms with Crippen molar-refractivity contribution in [3.63, 3.8) is 0 Å². The molecule has 0 unspecified atom stereocenters. The Kier molecular flexibility index (Phi) is 4.35. The number of aryl methyl sites for hydroxylation is 1. The van der Waals surface area contributed by atoms with Crippen molar-refractivity contribution in [3.05, 3.63) is 53.7 Å².